The molecule has 2 aromatic carbocycles. The highest BCUT2D eigenvalue weighted by molar-refractivity contribution is 14.1. The fraction of sp³-hybridized carbons (Fsp3) is 0.379. The van der Waals surface area contributed by atoms with E-state index in [1.807, 2.05) is 29.5 Å². The lowest BCUT2D eigenvalue weighted by molar-refractivity contribution is -0.134. The number of nitrogens with zero attached hydrogens (tertiary/aromatic N) is 1. The Kier molecular flexibility index (Phi) is 11.9. The summed E-state index contributed by atoms with van der Waals surface area (Å²) < 4.78 is 26.9. The van der Waals surface area contributed by atoms with Crippen LogP contribution in [0.3, 0.4) is 0 Å². The molecule has 4 N–H and O–H groups in total. The predicted octanol–water partition coefficient (Wildman–Crippen LogP) is 2.84. The van der Waals surface area contributed by atoms with Crippen molar-refractivity contribution in [1.29, 1.82) is 0 Å². The number of methoxy groups -OCH3 is 1. The van der Waals surface area contributed by atoms with E-state index < -0.39 is 35.9 Å². The second-order valence-electron chi connectivity index (χ2n) is 9.15. The Labute approximate surface area is 246 Å². The maximum Gasteiger partial charge on any atom is 0.247 e. The molecule has 3 atom stereocenters. The molecule has 1 aliphatic carbocycles. The van der Waals surface area contributed by atoms with Crippen molar-refractivity contribution in [2.45, 2.75) is 51.2 Å². The summed E-state index contributed by atoms with van der Waals surface area (Å²) in [5, 5.41) is 32.9. The standard InChI is InChI=1S/C29H34FIN2O7/c1-3-4-9-26(36)33(16-19-7-5-6-8-21(19)30)23-14-20(29(38)32-10-11-34)15-24(27(23)37)40-28-22(31)12-18(17-35)13-25(28)39-2/h4-9,12-13,15,23-24,27,34-35,37H,3,10-11,14,16-17H2,1-2H3,(H,32,38). The van der Waals surface area contributed by atoms with Gasteiger partial charge in [-0.15, -0.1) is 0 Å². The van der Waals surface area contributed by atoms with E-state index >= 15 is 0 Å². The van der Waals surface area contributed by atoms with E-state index in [0.29, 0.717) is 21.3 Å². The summed E-state index contributed by atoms with van der Waals surface area (Å²) >= 11 is 2.02. The first-order valence-corrected chi connectivity index (χ1v) is 13.9. The molecule has 0 saturated heterocycles. The molecule has 216 valence electrons. The third-order valence-electron chi connectivity index (χ3n) is 6.42. The Morgan fingerprint density at radius 1 is 1.25 bits per heavy atom. The summed E-state index contributed by atoms with van der Waals surface area (Å²) in [6.07, 6.45) is 2.68. The highest BCUT2D eigenvalue weighted by Gasteiger charge is 2.40. The summed E-state index contributed by atoms with van der Waals surface area (Å²) in [5.41, 5.74) is 1.09. The van der Waals surface area contributed by atoms with E-state index in [1.54, 1.807) is 36.4 Å². The van der Waals surface area contributed by atoms with Crippen LogP contribution in [-0.2, 0) is 22.7 Å². The summed E-state index contributed by atoms with van der Waals surface area (Å²) in [5.74, 6) is -0.842. The number of amides is 2. The van der Waals surface area contributed by atoms with Crippen molar-refractivity contribution in [3.05, 3.63) is 80.7 Å². The molecule has 1 aliphatic rings. The van der Waals surface area contributed by atoms with Crippen LogP contribution in [0.5, 0.6) is 11.5 Å². The van der Waals surface area contributed by atoms with Crippen LogP contribution in [0.1, 0.15) is 30.9 Å². The molecule has 3 unspecified atom stereocenters. The van der Waals surface area contributed by atoms with Gasteiger partial charge < -0.3 is 35.0 Å². The van der Waals surface area contributed by atoms with Crippen LogP contribution in [0.2, 0.25) is 0 Å². The first-order chi connectivity index (χ1) is 19.2. The van der Waals surface area contributed by atoms with Crippen molar-refractivity contribution in [2.75, 3.05) is 20.3 Å². The average molecular weight is 669 g/mol. The van der Waals surface area contributed by atoms with Gasteiger partial charge in [-0.1, -0.05) is 31.2 Å². The Bertz CT molecular complexity index is 1250. The number of ether oxygens (including phenoxy) is 2. The summed E-state index contributed by atoms with van der Waals surface area (Å²) in [6, 6.07) is 8.40. The molecule has 9 nitrogen and oxygen atoms in total. The number of allylic oxidation sites excluding steroid dienone is 1. The number of aliphatic hydroxyl groups is 3. The number of halogens is 2. The van der Waals surface area contributed by atoms with Crippen molar-refractivity contribution in [2.24, 2.45) is 0 Å². The number of aliphatic hydroxyl groups excluding tert-OH is 3. The summed E-state index contributed by atoms with van der Waals surface area (Å²) in [4.78, 5) is 27.7. The molecule has 0 radical (unpaired) electrons. The van der Waals surface area contributed by atoms with Crippen molar-refractivity contribution in [3.63, 3.8) is 0 Å². The van der Waals surface area contributed by atoms with E-state index in [-0.39, 0.29) is 49.6 Å². The second kappa shape index (κ2) is 15.1. The van der Waals surface area contributed by atoms with Gasteiger partial charge in [0.25, 0.3) is 0 Å². The van der Waals surface area contributed by atoms with Gasteiger partial charge >= 0.3 is 0 Å². The first kappa shape index (κ1) is 31.5. The smallest absolute Gasteiger partial charge is 0.247 e. The summed E-state index contributed by atoms with van der Waals surface area (Å²) in [6.45, 7) is 1.26. The molecular weight excluding hydrogens is 634 g/mol. The van der Waals surface area contributed by atoms with Crippen LogP contribution >= 0.6 is 22.6 Å². The van der Waals surface area contributed by atoms with Gasteiger partial charge in [-0.05, 0) is 64.9 Å². The van der Waals surface area contributed by atoms with Crippen LogP contribution in [0.15, 0.2) is 60.2 Å². The maximum absolute atomic E-state index is 14.7. The van der Waals surface area contributed by atoms with Crippen LogP contribution in [0.25, 0.3) is 0 Å². The molecule has 0 heterocycles. The zero-order chi connectivity index (χ0) is 29.2. The highest BCUT2D eigenvalue weighted by Crippen LogP contribution is 2.37. The van der Waals surface area contributed by atoms with Gasteiger partial charge in [0.2, 0.25) is 11.8 Å². The Hall–Kier alpha value is -3.00. The molecule has 2 amide bonds. The molecule has 0 aliphatic heterocycles. The quantitative estimate of drug-likeness (QED) is 0.202. The monoisotopic (exact) mass is 668 g/mol. The lowest BCUT2D eigenvalue weighted by Gasteiger charge is -2.40. The molecule has 3 rings (SSSR count). The molecule has 2 aromatic rings. The Morgan fingerprint density at radius 2 is 2.00 bits per heavy atom. The van der Waals surface area contributed by atoms with E-state index in [9.17, 15) is 29.3 Å². The predicted molar refractivity (Wildman–Crippen MR) is 155 cm³/mol. The number of carbonyl (C=O) groups is 2. The minimum atomic E-state index is -1.31. The number of nitrogens with one attached hydrogen (secondary N) is 1. The van der Waals surface area contributed by atoms with Gasteiger partial charge in [-0.25, -0.2) is 4.39 Å². The Morgan fingerprint density at radius 3 is 2.65 bits per heavy atom. The van der Waals surface area contributed by atoms with Gasteiger partial charge in [0.1, 0.15) is 18.0 Å². The number of rotatable bonds is 12. The fourth-order valence-corrected chi connectivity index (χ4v) is 5.17. The molecule has 0 fully saturated rings. The van der Waals surface area contributed by atoms with Crippen molar-refractivity contribution >= 4 is 34.4 Å². The van der Waals surface area contributed by atoms with Crippen LogP contribution < -0.4 is 14.8 Å². The van der Waals surface area contributed by atoms with Gasteiger partial charge in [-0.2, -0.15) is 0 Å². The molecular formula is C29H34FIN2O7. The van der Waals surface area contributed by atoms with Gasteiger partial charge in [0.05, 0.1) is 29.9 Å². The van der Waals surface area contributed by atoms with E-state index in [2.05, 4.69) is 5.32 Å². The third kappa shape index (κ3) is 7.80. The molecule has 0 aromatic heterocycles. The van der Waals surface area contributed by atoms with Crippen LogP contribution in [-0.4, -0.2) is 70.5 Å². The lowest BCUT2D eigenvalue weighted by atomic mass is 9.87. The molecule has 0 bridgehead atoms. The minimum absolute atomic E-state index is 0.0143. The van der Waals surface area contributed by atoms with E-state index in [4.69, 9.17) is 9.47 Å². The first-order valence-electron chi connectivity index (χ1n) is 12.9. The Balaban J connectivity index is 2.06. The second-order valence-corrected chi connectivity index (χ2v) is 10.3. The zero-order valence-corrected chi connectivity index (χ0v) is 24.5. The normalized spacial score (nSPS) is 18.8. The molecule has 0 saturated carbocycles. The fourth-order valence-electron chi connectivity index (χ4n) is 4.38. The largest absolute Gasteiger partial charge is 0.493 e. The van der Waals surface area contributed by atoms with Gasteiger partial charge in [-0.3, -0.25) is 9.59 Å². The molecule has 40 heavy (non-hydrogen) atoms. The lowest BCUT2D eigenvalue weighted by Crippen LogP contribution is -2.54. The van der Waals surface area contributed by atoms with E-state index in [1.165, 1.54) is 30.2 Å². The van der Waals surface area contributed by atoms with Crippen molar-refractivity contribution in [3.8, 4) is 11.5 Å². The maximum atomic E-state index is 14.7. The van der Waals surface area contributed by atoms with E-state index in [0.717, 1.165) is 0 Å². The number of carbonyl (C=O) groups excluding carboxylic acids is 2. The average Bonchev–Trinajstić information content (AvgIpc) is 2.96. The third-order valence-corrected chi connectivity index (χ3v) is 7.22. The SMILES string of the molecule is CCC=CC(=O)N(Cc1ccccc1F)C1CC(C(=O)NCCO)=CC(Oc2c(I)cc(CO)cc2OC)C1O. The minimum Gasteiger partial charge on any atom is -0.493 e. The van der Waals surface area contributed by atoms with Crippen molar-refractivity contribution < 1.29 is 38.8 Å². The molecule has 11 heteroatoms. The molecule has 0 spiro atoms. The number of benzene rings is 2. The highest BCUT2D eigenvalue weighted by atomic mass is 127. The van der Waals surface area contributed by atoms with Crippen LogP contribution in [0.4, 0.5) is 4.39 Å². The number of hydrogen-bond donors (Lipinski definition) is 4. The number of hydrogen-bond acceptors (Lipinski definition) is 7. The topological polar surface area (TPSA) is 129 Å². The van der Waals surface area contributed by atoms with Gasteiger partial charge in [0, 0.05) is 30.6 Å². The van der Waals surface area contributed by atoms with Crippen LogP contribution in [0, 0.1) is 9.39 Å². The summed E-state index contributed by atoms with van der Waals surface area (Å²) in [7, 11) is 1.44. The van der Waals surface area contributed by atoms with Gasteiger partial charge in [0.15, 0.2) is 11.5 Å². The van der Waals surface area contributed by atoms with Crippen molar-refractivity contribution in [1.82, 2.24) is 10.2 Å². The zero-order valence-electron chi connectivity index (χ0n) is 22.3.